The van der Waals surface area contributed by atoms with Crippen LogP contribution in [-0.2, 0) is 0 Å². The lowest BCUT2D eigenvalue weighted by Crippen LogP contribution is -2.25. The van der Waals surface area contributed by atoms with Gasteiger partial charge in [0.15, 0.2) is 11.6 Å². The predicted molar refractivity (Wildman–Crippen MR) is 68.6 cm³/mol. The van der Waals surface area contributed by atoms with Gasteiger partial charge in [0, 0.05) is 18.4 Å². The maximum atomic E-state index is 13.6. The number of anilines is 1. The number of thioether (sulfide) groups is 1. The van der Waals surface area contributed by atoms with Gasteiger partial charge in [-0.1, -0.05) is 0 Å². The van der Waals surface area contributed by atoms with Crippen LogP contribution in [0.25, 0.3) is 0 Å². The molecular weight excluding hydrogens is 258 g/mol. The zero-order valence-corrected chi connectivity index (χ0v) is 10.7. The highest BCUT2D eigenvalue weighted by Gasteiger charge is 2.15. The number of aliphatic hydroxyl groups excluding tert-OH is 1. The molecule has 0 spiro atoms. The lowest BCUT2D eigenvalue weighted by Gasteiger charge is -2.19. The minimum Gasteiger partial charge on any atom is -0.396 e. The average Bonchev–Trinajstić information content (AvgIpc) is 2.33. The topological polar surface area (TPSA) is 56.0 Å². The van der Waals surface area contributed by atoms with E-state index in [4.69, 9.17) is 10.4 Å². The Hall–Kier alpha value is -1.32. The van der Waals surface area contributed by atoms with E-state index < -0.39 is 11.6 Å². The number of nitriles is 1. The van der Waals surface area contributed by atoms with Gasteiger partial charge in [-0.2, -0.15) is 17.0 Å². The smallest absolute Gasteiger partial charge is 0.150 e. The third-order valence-corrected chi connectivity index (χ3v) is 3.10. The molecule has 0 saturated heterocycles. The van der Waals surface area contributed by atoms with Gasteiger partial charge in [0.05, 0.1) is 11.6 Å². The molecule has 0 aliphatic rings. The Bertz CT molecular complexity index is 419. The highest BCUT2D eigenvalue weighted by molar-refractivity contribution is 7.98. The molecule has 18 heavy (non-hydrogen) atoms. The molecule has 0 unspecified atom stereocenters. The van der Waals surface area contributed by atoms with Gasteiger partial charge in [0.2, 0.25) is 0 Å². The van der Waals surface area contributed by atoms with Crippen molar-refractivity contribution in [2.24, 2.45) is 0 Å². The first-order valence-corrected chi connectivity index (χ1v) is 6.77. The molecule has 0 aromatic heterocycles. The quantitative estimate of drug-likeness (QED) is 0.834. The van der Waals surface area contributed by atoms with Crippen LogP contribution in [-0.4, -0.2) is 29.8 Å². The molecule has 0 fully saturated rings. The second-order valence-corrected chi connectivity index (χ2v) is 4.65. The van der Waals surface area contributed by atoms with Crippen LogP contribution >= 0.6 is 11.8 Å². The zero-order valence-electron chi connectivity index (χ0n) is 9.91. The van der Waals surface area contributed by atoms with Crippen molar-refractivity contribution in [3.8, 4) is 6.07 Å². The van der Waals surface area contributed by atoms with Gasteiger partial charge in [0.1, 0.15) is 5.69 Å². The summed E-state index contributed by atoms with van der Waals surface area (Å²) in [5.74, 6) is -0.967. The van der Waals surface area contributed by atoms with Crippen LogP contribution in [0, 0.1) is 23.0 Å². The molecular formula is C12H14F2N2OS. The summed E-state index contributed by atoms with van der Waals surface area (Å²) in [6, 6.07) is 3.44. The molecule has 1 aromatic rings. The lowest BCUT2D eigenvalue weighted by molar-refractivity contribution is 0.282. The number of halogens is 2. The van der Waals surface area contributed by atoms with Gasteiger partial charge in [-0.15, -0.1) is 0 Å². The molecule has 1 rings (SSSR count). The summed E-state index contributed by atoms with van der Waals surface area (Å²) < 4.78 is 27.2. The Morgan fingerprint density at radius 1 is 1.44 bits per heavy atom. The largest absolute Gasteiger partial charge is 0.396 e. The molecule has 1 atom stereocenters. The minimum atomic E-state index is -0.796. The number of rotatable bonds is 6. The Kier molecular flexibility index (Phi) is 5.89. The summed E-state index contributed by atoms with van der Waals surface area (Å²) >= 11 is 1.52. The van der Waals surface area contributed by atoms with Crippen LogP contribution < -0.4 is 5.32 Å². The zero-order chi connectivity index (χ0) is 13.5. The molecule has 0 aliphatic carbocycles. The van der Waals surface area contributed by atoms with E-state index in [1.165, 1.54) is 11.8 Å². The summed E-state index contributed by atoms with van der Waals surface area (Å²) in [5, 5.41) is 20.2. The normalized spacial score (nSPS) is 11.9. The monoisotopic (exact) mass is 272 g/mol. The molecule has 0 aliphatic heterocycles. The Balaban J connectivity index is 2.92. The second-order valence-electron chi connectivity index (χ2n) is 3.74. The first kappa shape index (κ1) is 14.7. The highest BCUT2D eigenvalue weighted by Crippen LogP contribution is 2.22. The van der Waals surface area contributed by atoms with E-state index in [1.54, 1.807) is 6.07 Å². The molecule has 0 radical (unpaired) electrons. The van der Waals surface area contributed by atoms with Crippen molar-refractivity contribution < 1.29 is 13.9 Å². The fraction of sp³-hybridized carbons (Fsp3) is 0.417. The Morgan fingerprint density at radius 3 is 2.50 bits per heavy atom. The molecule has 0 amide bonds. The van der Waals surface area contributed by atoms with Crippen molar-refractivity contribution >= 4 is 17.4 Å². The molecule has 2 N–H and O–H groups in total. The number of nitrogens with one attached hydrogen (secondary N) is 1. The van der Waals surface area contributed by atoms with E-state index in [9.17, 15) is 8.78 Å². The van der Waals surface area contributed by atoms with E-state index in [2.05, 4.69) is 5.32 Å². The predicted octanol–water partition coefficient (Wildman–Crippen LogP) is 2.36. The van der Waals surface area contributed by atoms with Gasteiger partial charge >= 0.3 is 0 Å². The fourth-order valence-corrected chi connectivity index (χ4v) is 2.19. The number of aliphatic hydroxyl groups is 1. The number of benzene rings is 1. The van der Waals surface area contributed by atoms with Crippen molar-refractivity contribution in [2.45, 2.75) is 12.5 Å². The molecule has 1 aromatic carbocycles. The lowest BCUT2D eigenvalue weighted by atomic mass is 10.1. The van der Waals surface area contributed by atoms with Gasteiger partial charge in [-0.3, -0.25) is 0 Å². The summed E-state index contributed by atoms with van der Waals surface area (Å²) in [6.45, 7) is -0.0578. The first-order valence-electron chi connectivity index (χ1n) is 5.37. The van der Waals surface area contributed by atoms with Crippen molar-refractivity contribution in [1.82, 2.24) is 0 Å². The number of nitrogens with zero attached hydrogens (tertiary/aromatic N) is 1. The minimum absolute atomic E-state index is 0.0564. The Morgan fingerprint density at radius 2 is 2.06 bits per heavy atom. The van der Waals surface area contributed by atoms with Crippen LogP contribution in [0.4, 0.5) is 14.5 Å². The van der Waals surface area contributed by atoms with E-state index in [0.29, 0.717) is 12.2 Å². The third-order valence-electron chi connectivity index (χ3n) is 2.37. The molecule has 6 heteroatoms. The van der Waals surface area contributed by atoms with Gasteiger partial charge < -0.3 is 10.4 Å². The summed E-state index contributed by atoms with van der Waals surface area (Å²) in [4.78, 5) is 0. The van der Waals surface area contributed by atoms with Crippen LogP contribution in [0.5, 0.6) is 0 Å². The number of hydrogen-bond acceptors (Lipinski definition) is 4. The fourth-order valence-electron chi connectivity index (χ4n) is 1.53. The highest BCUT2D eigenvalue weighted by atomic mass is 32.2. The summed E-state index contributed by atoms with van der Waals surface area (Å²) in [5.41, 5.74) is -0.305. The van der Waals surface area contributed by atoms with E-state index in [-0.39, 0.29) is 23.9 Å². The molecule has 0 saturated carbocycles. The number of hydrogen-bond donors (Lipinski definition) is 2. The van der Waals surface area contributed by atoms with E-state index in [0.717, 1.165) is 12.1 Å². The van der Waals surface area contributed by atoms with Crippen molar-refractivity contribution in [3.05, 3.63) is 29.3 Å². The standard InChI is InChI=1S/C12H14F2N2OS/c1-18-7-9(2-3-17)16-12-10(13)4-8(6-15)5-11(12)14/h4-5,9,16-17H,2-3,7H2,1H3/t9-/m1/s1. The third kappa shape index (κ3) is 3.86. The van der Waals surface area contributed by atoms with E-state index >= 15 is 0 Å². The van der Waals surface area contributed by atoms with Gasteiger partial charge in [-0.05, 0) is 24.8 Å². The van der Waals surface area contributed by atoms with Crippen LogP contribution in [0.3, 0.4) is 0 Å². The molecule has 0 heterocycles. The SMILES string of the molecule is CSC[C@@H](CCO)Nc1c(F)cc(C#N)cc1F. The molecule has 98 valence electrons. The maximum Gasteiger partial charge on any atom is 0.150 e. The second kappa shape index (κ2) is 7.19. The van der Waals surface area contributed by atoms with Gasteiger partial charge in [0.25, 0.3) is 0 Å². The first-order chi connectivity index (χ1) is 8.62. The van der Waals surface area contributed by atoms with Crippen LogP contribution in [0.1, 0.15) is 12.0 Å². The van der Waals surface area contributed by atoms with Crippen LogP contribution in [0.2, 0.25) is 0 Å². The van der Waals surface area contributed by atoms with Crippen molar-refractivity contribution in [1.29, 1.82) is 5.26 Å². The van der Waals surface area contributed by atoms with Crippen molar-refractivity contribution in [3.63, 3.8) is 0 Å². The molecule has 3 nitrogen and oxygen atoms in total. The van der Waals surface area contributed by atoms with E-state index in [1.807, 2.05) is 6.26 Å². The molecule has 0 bridgehead atoms. The average molecular weight is 272 g/mol. The van der Waals surface area contributed by atoms with Crippen molar-refractivity contribution in [2.75, 3.05) is 23.9 Å². The Labute approximate surface area is 109 Å². The van der Waals surface area contributed by atoms with Gasteiger partial charge in [-0.25, -0.2) is 8.78 Å². The maximum absolute atomic E-state index is 13.6. The van der Waals surface area contributed by atoms with Crippen LogP contribution in [0.15, 0.2) is 12.1 Å². The summed E-state index contributed by atoms with van der Waals surface area (Å²) in [6.07, 6.45) is 2.28. The summed E-state index contributed by atoms with van der Waals surface area (Å²) in [7, 11) is 0.